The number of phenols is 1. The summed E-state index contributed by atoms with van der Waals surface area (Å²) in [6, 6.07) is 14.8. The van der Waals surface area contributed by atoms with Gasteiger partial charge in [0.15, 0.2) is 0 Å². The first-order valence-corrected chi connectivity index (χ1v) is 9.51. The molecule has 30 heavy (non-hydrogen) atoms. The number of hydrogen-bond acceptors (Lipinski definition) is 6. The predicted molar refractivity (Wildman–Crippen MR) is 116 cm³/mol. The van der Waals surface area contributed by atoms with E-state index in [0.29, 0.717) is 17.9 Å². The van der Waals surface area contributed by atoms with Crippen molar-refractivity contribution < 1.29 is 5.11 Å². The molecule has 0 aliphatic carbocycles. The SMILES string of the molecule is Cc1cc(-c2cc(-c3ccc(NCc4ccncn4)cc3C)[nH]c(=O)n2)ccc1O. The van der Waals surface area contributed by atoms with E-state index in [1.807, 2.05) is 50.2 Å². The zero-order valence-electron chi connectivity index (χ0n) is 16.7. The van der Waals surface area contributed by atoms with Gasteiger partial charge in [0.05, 0.1) is 23.6 Å². The molecule has 2 heterocycles. The van der Waals surface area contributed by atoms with Crippen LogP contribution in [0.15, 0.2) is 65.8 Å². The summed E-state index contributed by atoms with van der Waals surface area (Å²) in [5.41, 5.74) is 6.12. The Morgan fingerprint density at radius 3 is 2.63 bits per heavy atom. The van der Waals surface area contributed by atoms with Gasteiger partial charge in [-0.3, -0.25) is 0 Å². The van der Waals surface area contributed by atoms with Crippen molar-refractivity contribution in [3.63, 3.8) is 0 Å². The molecule has 0 saturated carbocycles. The highest BCUT2D eigenvalue weighted by Crippen LogP contribution is 2.28. The van der Waals surface area contributed by atoms with Gasteiger partial charge in [0.25, 0.3) is 0 Å². The minimum Gasteiger partial charge on any atom is -0.508 e. The fourth-order valence-corrected chi connectivity index (χ4v) is 3.26. The maximum absolute atomic E-state index is 12.2. The second-order valence-corrected chi connectivity index (χ2v) is 7.07. The van der Waals surface area contributed by atoms with Crippen LogP contribution < -0.4 is 11.0 Å². The van der Waals surface area contributed by atoms with Crippen molar-refractivity contribution in [1.82, 2.24) is 19.9 Å². The molecule has 0 radical (unpaired) electrons. The Balaban J connectivity index is 1.62. The summed E-state index contributed by atoms with van der Waals surface area (Å²) < 4.78 is 0. The lowest BCUT2D eigenvalue weighted by Crippen LogP contribution is -2.12. The van der Waals surface area contributed by atoms with Gasteiger partial charge in [0.1, 0.15) is 12.1 Å². The summed E-state index contributed by atoms with van der Waals surface area (Å²) in [6.45, 7) is 4.40. The zero-order valence-corrected chi connectivity index (χ0v) is 16.7. The molecule has 0 saturated heterocycles. The van der Waals surface area contributed by atoms with Gasteiger partial charge in [0.2, 0.25) is 0 Å². The van der Waals surface area contributed by atoms with Crippen LogP contribution in [0.25, 0.3) is 22.5 Å². The van der Waals surface area contributed by atoms with E-state index in [1.54, 1.807) is 18.3 Å². The maximum Gasteiger partial charge on any atom is 0.345 e. The smallest absolute Gasteiger partial charge is 0.345 e. The van der Waals surface area contributed by atoms with E-state index in [4.69, 9.17) is 0 Å². The van der Waals surface area contributed by atoms with Gasteiger partial charge in [-0.2, -0.15) is 4.98 Å². The van der Waals surface area contributed by atoms with Crippen LogP contribution in [0.5, 0.6) is 5.75 Å². The number of aromatic amines is 1. The highest BCUT2D eigenvalue weighted by molar-refractivity contribution is 5.72. The van der Waals surface area contributed by atoms with Crippen molar-refractivity contribution in [2.24, 2.45) is 0 Å². The van der Waals surface area contributed by atoms with Gasteiger partial charge in [-0.1, -0.05) is 6.07 Å². The molecule has 0 bridgehead atoms. The van der Waals surface area contributed by atoms with Gasteiger partial charge < -0.3 is 15.4 Å². The minimum absolute atomic E-state index is 0.213. The largest absolute Gasteiger partial charge is 0.508 e. The minimum atomic E-state index is -0.418. The van der Waals surface area contributed by atoms with Crippen molar-refractivity contribution in [3.05, 3.63) is 88.4 Å². The molecule has 4 aromatic rings. The summed E-state index contributed by atoms with van der Waals surface area (Å²) in [4.78, 5) is 27.2. The third kappa shape index (κ3) is 4.20. The van der Waals surface area contributed by atoms with E-state index in [0.717, 1.165) is 33.6 Å². The molecule has 0 spiro atoms. The Kier molecular flexibility index (Phi) is 5.26. The molecule has 0 aliphatic rings. The average molecular weight is 399 g/mol. The Bertz CT molecular complexity index is 1250. The number of aromatic hydroxyl groups is 1. The number of aromatic nitrogens is 4. The molecule has 0 amide bonds. The Hall–Kier alpha value is -4.00. The summed E-state index contributed by atoms with van der Waals surface area (Å²) in [7, 11) is 0. The Morgan fingerprint density at radius 2 is 1.90 bits per heavy atom. The summed E-state index contributed by atoms with van der Waals surface area (Å²) in [5.74, 6) is 0.213. The molecule has 0 atom stereocenters. The van der Waals surface area contributed by atoms with Gasteiger partial charge in [0, 0.05) is 23.0 Å². The van der Waals surface area contributed by atoms with E-state index in [9.17, 15) is 9.90 Å². The normalized spacial score (nSPS) is 10.7. The molecular formula is C23H21N5O2. The van der Waals surface area contributed by atoms with Crippen LogP contribution >= 0.6 is 0 Å². The van der Waals surface area contributed by atoms with Crippen molar-refractivity contribution >= 4 is 5.69 Å². The molecule has 7 heteroatoms. The summed E-state index contributed by atoms with van der Waals surface area (Å²) in [6.07, 6.45) is 3.24. The van der Waals surface area contributed by atoms with Gasteiger partial charge >= 0.3 is 5.69 Å². The first-order chi connectivity index (χ1) is 14.5. The van der Waals surface area contributed by atoms with E-state index >= 15 is 0 Å². The molecule has 3 N–H and O–H groups in total. The number of nitrogens with zero attached hydrogens (tertiary/aromatic N) is 3. The molecule has 4 rings (SSSR count). The number of phenolic OH excluding ortho intramolecular Hbond substituents is 1. The summed E-state index contributed by atoms with van der Waals surface area (Å²) in [5, 5.41) is 13.1. The number of hydrogen-bond donors (Lipinski definition) is 3. The quantitative estimate of drug-likeness (QED) is 0.471. The molecule has 150 valence electrons. The Labute approximate surface area is 173 Å². The second kappa shape index (κ2) is 8.16. The van der Waals surface area contributed by atoms with E-state index < -0.39 is 5.69 Å². The first-order valence-electron chi connectivity index (χ1n) is 9.51. The lowest BCUT2D eigenvalue weighted by molar-refractivity contribution is 0.471. The number of anilines is 1. The fourth-order valence-electron chi connectivity index (χ4n) is 3.26. The van der Waals surface area contributed by atoms with Crippen LogP contribution in [0.3, 0.4) is 0 Å². The number of benzene rings is 2. The van der Waals surface area contributed by atoms with Gasteiger partial charge in [-0.05, 0) is 67.4 Å². The van der Waals surface area contributed by atoms with Crippen molar-refractivity contribution in [3.8, 4) is 28.3 Å². The Morgan fingerprint density at radius 1 is 1.03 bits per heavy atom. The van der Waals surface area contributed by atoms with Crippen LogP contribution in [0.2, 0.25) is 0 Å². The molecule has 2 aromatic heterocycles. The lowest BCUT2D eigenvalue weighted by Gasteiger charge is -2.11. The highest BCUT2D eigenvalue weighted by Gasteiger charge is 2.10. The van der Waals surface area contributed by atoms with Crippen LogP contribution in [0, 0.1) is 13.8 Å². The van der Waals surface area contributed by atoms with E-state index in [2.05, 4.69) is 25.3 Å². The standard InChI is InChI=1S/C23H21N5O2/c1-14-10-17(25-12-18-7-8-24-13-26-18)4-5-19(14)21-11-20(27-23(30)28-21)16-3-6-22(29)15(2)9-16/h3-11,13,25,29H,12H2,1-2H3,(H,27,28,30). The zero-order chi connectivity index (χ0) is 21.1. The first kappa shape index (κ1) is 19.3. The molecule has 2 aromatic carbocycles. The lowest BCUT2D eigenvalue weighted by atomic mass is 10.0. The average Bonchev–Trinajstić information content (AvgIpc) is 2.74. The number of rotatable bonds is 5. The molecule has 0 aliphatic heterocycles. The van der Waals surface area contributed by atoms with Crippen LogP contribution in [0.4, 0.5) is 5.69 Å². The van der Waals surface area contributed by atoms with Crippen LogP contribution in [-0.4, -0.2) is 25.0 Å². The van der Waals surface area contributed by atoms with Gasteiger partial charge in [-0.25, -0.2) is 14.8 Å². The molecular weight excluding hydrogens is 378 g/mol. The number of nitrogens with one attached hydrogen (secondary N) is 2. The third-order valence-electron chi connectivity index (χ3n) is 4.87. The van der Waals surface area contributed by atoms with Crippen LogP contribution in [-0.2, 0) is 6.54 Å². The van der Waals surface area contributed by atoms with E-state index in [-0.39, 0.29) is 5.75 Å². The van der Waals surface area contributed by atoms with E-state index in [1.165, 1.54) is 6.33 Å². The highest BCUT2D eigenvalue weighted by atomic mass is 16.3. The van der Waals surface area contributed by atoms with Crippen molar-refractivity contribution in [2.75, 3.05) is 5.32 Å². The summed E-state index contributed by atoms with van der Waals surface area (Å²) >= 11 is 0. The number of aryl methyl sites for hydroxylation is 2. The van der Waals surface area contributed by atoms with Crippen molar-refractivity contribution in [1.29, 1.82) is 0 Å². The number of H-pyrrole nitrogens is 1. The third-order valence-corrected chi connectivity index (χ3v) is 4.87. The molecule has 7 nitrogen and oxygen atoms in total. The maximum atomic E-state index is 12.2. The van der Waals surface area contributed by atoms with Crippen molar-refractivity contribution in [2.45, 2.75) is 20.4 Å². The van der Waals surface area contributed by atoms with Gasteiger partial charge in [-0.15, -0.1) is 0 Å². The molecule has 0 unspecified atom stereocenters. The monoisotopic (exact) mass is 399 g/mol. The molecule has 0 fully saturated rings. The fraction of sp³-hybridized carbons (Fsp3) is 0.130. The second-order valence-electron chi connectivity index (χ2n) is 7.07. The predicted octanol–water partition coefficient (Wildman–Crippen LogP) is 3.83. The topological polar surface area (TPSA) is 104 Å². The van der Waals surface area contributed by atoms with Crippen LogP contribution in [0.1, 0.15) is 16.8 Å².